The number of nitrogens with one attached hydrogen (secondary N) is 2. The Bertz CT molecular complexity index is 742. The standard InChI is InChI=1S/C19H22ClN3O3/c20-15-7-2-1-6-14(15)19(25)22-13-18(24)21-12-16(17-8-5-11-26-17)23-9-3-4-10-23/h1-2,5-8,11,16H,3-4,9-10,12-13H2,(H,21,24)(H,22,25)/t16-/m1/s1. The number of nitrogens with zero attached hydrogens (tertiary/aromatic N) is 1. The molecule has 2 heterocycles. The van der Waals surface area contributed by atoms with Crippen molar-refractivity contribution in [1.29, 1.82) is 0 Å². The van der Waals surface area contributed by atoms with Gasteiger partial charge in [0.1, 0.15) is 5.76 Å². The van der Waals surface area contributed by atoms with E-state index in [9.17, 15) is 9.59 Å². The van der Waals surface area contributed by atoms with Gasteiger partial charge in [-0.15, -0.1) is 0 Å². The fourth-order valence-corrected chi connectivity index (χ4v) is 3.34. The molecule has 26 heavy (non-hydrogen) atoms. The SMILES string of the molecule is O=C(CNC(=O)c1ccccc1Cl)NC[C@H](c1ccco1)N1CCCC1. The summed E-state index contributed by atoms with van der Waals surface area (Å²) in [6.07, 6.45) is 3.95. The summed E-state index contributed by atoms with van der Waals surface area (Å²) >= 11 is 5.99. The highest BCUT2D eigenvalue weighted by Gasteiger charge is 2.25. The zero-order valence-corrected chi connectivity index (χ0v) is 15.2. The minimum Gasteiger partial charge on any atom is -0.468 e. The van der Waals surface area contributed by atoms with Crippen LogP contribution in [0.15, 0.2) is 47.1 Å². The van der Waals surface area contributed by atoms with Crippen LogP contribution in [0.5, 0.6) is 0 Å². The lowest BCUT2D eigenvalue weighted by Crippen LogP contribution is -2.41. The number of rotatable bonds is 7. The van der Waals surface area contributed by atoms with Crippen LogP contribution < -0.4 is 10.6 Å². The molecule has 1 aromatic heterocycles. The van der Waals surface area contributed by atoms with Crippen LogP contribution in [0.2, 0.25) is 5.02 Å². The zero-order chi connectivity index (χ0) is 18.4. The molecular weight excluding hydrogens is 354 g/mol. The lowest BCUT2D eigenvalue weighted by atomic mass is 10.2. The number of benzene rings is 1. The Morgan fingerprint density at radius 2 is 1.88 bits per heavy atom. The maximum absolute atomic E-state index is 12.1. The van der Waals surface area contributed by atoms with Crippen LogP contribution in [-0.4, -0.2) is 42.9 Å². The highest BCUT2D eigenvalue weighted by molar-refractivity contribution is 6.33. The summed E-state index contributed by atoms with van der Waals surface area (Å²) in [6.45, 7) is 2.32. The van der Waals surface area contributed by atoms with E-state index in [1.165, 1.54) is 0 Å². The molecule has 2 amide bonds. The van der Waals surface area contributed by atoms with Crippen molar-refractivity contribution >= 4 is 23.4 Å². The average Bonchev–Trinajstić information content (AvgIpc) is 3.35. The van der Waals surface area contributed by atoms with Crippen molar-refractivity contribution in [2.75, 3.05) is 26.2 Å². The van der Waals surface area contributed by atoms with Gasteiger partial charge in [-0.3, -0.25) is 14.5 Å². The van der Waals surface area contributed by atoms with Crippen molar-refractivity contribution in [1.82, 2.24) is 15.5 Å². The Morgan fingerprint density at radius 1 is 1.12 bits per heavy atom. The van der Waals surface area contributed by atoms with Crippen LogP contribution in [-0.2, 0) is 4.79 Å². The summed E-state index contributed by atoms with van der Waals surface area (Å²) in [6, 6.07) is 10.5. The maximum Gasteiger partial charge on any atom is 0.253 e. The fourth-order valence-electron chi connectivity index (χ4n) is 3.12. The summed E-state index contributed by atoms with van der Waals surface area (Å²) < 4.78 is 5.53. The summed E-state index contributed by atoms with van der Waals surface area (Å²) in [4.78, 5) is 26.6. The van der Waals surface area contributed by atoms with Crippen LogP contribution in [0.1, 0.15) is 35.0 Å². The topological polar surface area (TPSA) is 74.6 Å². The molecule has 7 heteroatoms. The fraction of sp³-hybridized carbons (Fsp3) is 0.368. The van der Waals surface area contributed by atoms with Crippen molar-refractivity contribution in [2.45, 2.75) is 18.9 Å². The first-order chi connectivity index (χ1) is 12.6. The van der Waals surface area contributed by atoms with Crippen LogP contribution in [0.25, 0.3) is 0 Å². The van der Waals surface area contributed by atoms with Gasteiger partial charge in [0, 0.05) is 6.54 Å². The second-order valence-electron chi connectivity index (χ2n) is 6.24. The van der Waals surface area contributed by atoms with E-state index in [4.69, 9.17) is 16.0 Å². The van der Waals surface area contributed by atoms with E-state index >= 15 is 0 Å². The Morgan fingerprint density at radius 3 is 2.58 bits per heavy atom. The second kappa shape index (κ2) is 8.87. The number of halogens is 1. The highest BCUT2D eigenvalue weighted by Crippen LogP contribution is 2.24. The van der Waals surface area contributed by atoms with Gasteiger partial charge in [0.25, 0.3) is 5.91 Å². The third-order valence-electron chi connectivity index (χ3n) is 4.47. The molecule has 0 radical (unpaired) electrons. The van der Waals surface area contributed by atoms with Gasteiger partial charge in [-0.2, -0.15) is 0 Å². The first-order valence-electron chi connectivity index (χ1n) is 8.72. The highest BCUT2D eigenvalue weighted by atomic mass is 35.5. The molecule has 0 bridgehead atoms. The summed E-state index contributed by atoms with van der Waals surface area (Å²) in [5, 5.41) is 5.83. The first-order valence-corrected chi connectivity index (χ1v) is 9.10. The summed E-state index contributed by atoms with van der Waals surface area (Å²) in [7, 11) is 0. The van der Waals surface area contributed by atoms with E-state index in [-0.39, 0.29) is 24.4 Å². The van der Waals surface area contributed by atoms with E-state index < -0.39 is 0 Å². The van der Waals surface area contributed by atoms with Gasteiger partial charge < -0.3 is 15.1 Å². The third-order valence-corrected chi connectivity index (χ3v) is 4.80. The predicted molar refractivity (Wildman–Crippen MR) is 99.1 cm³/mol. The predicted octanol–water partition coefficient (Wildman–Crippen LogP) is 2.62. The van der Waals surface area contributed by atoms with Crippen molar-refractivity contribution in [3.05, 3.63) is 59.0 Å². The number of amides is 2. The summed E-state index contributed by atoms with van der Waals surface area (Å²) in [5.41, 5.74) is 0.354. The minimum absolute atomic E-state index is 0.00993. The van der Waals surface area contributed by atoms with Crippen molar-refractivity contribution in [3.8, 4) is 0 Å². The molecule has 3 rings (SSSR count). The zero-order valence-electron chi connectivity index (χ0n) is 14.4. The van der Waals surface area contributed by atoms with E-state index in [1.807, 2.05) is 12.1 Å². The van der Waals surface area contributed by atoms with Gasteiger partial charge in [0.05, 0.1) is 29.4 Å². The molecule has 1 atom stereocenters. The molecule has 1 aliphatic heterocycles. The number of furan rings is 1. The summed E-state index contributed by atoms with van der Waals surface area (Å²) in [5.74, 6) is 0.223. The van der Waals surface area contributed by atoms with E-state index in [0.717, 1.165) is 31.7 Å². The molecule has 2 N–H and O–H groups in total. The Kier molecular flexibility index (Phi) is 6.30. The average molecular weight is 376 g/mol. The van der Waals surface area contributed by atoms with E-state index in [1.54, 1.807) is 30.5 Å². The molecule has 1 aliphatic rings. The van der Waals surface area contributed by atoms with Crippen LogP contribution >= 0.6 is 11.6 Å². The molecule has 0 saturated carbocycles. The van der Waals surface area contributed by atoms with Crippen molar-refractivity contribution in [2.24, 2.45) is 0 Å². The quantitative estimate of drug-likeness (QED) is 0.780. The lowest BCUT2D eigenvalue weighted by molar-refractivity contribution is -0.120. The van der Waals surface area contributed by atoms with Crippen LogP contribution in [0.4, 0.5) is 0 Å². The van der Waals surface area contributed by atoms with Crippen molar-refractivity contribution in [3.63, 3.8) is 0 Å². The molecule has 6 nitrogen and oxygen atoms in total. The molecule has 1 saturated heterocycles. The smallest absolute Gasteiger partial charge is 0.253 e. The van der Waals surface area contributed by atoms with Gasteiger partial charge in [0.2, 0.25) is 5.91 Å². The molecule has 0 aliphatic carbocycles. The molecule has 0 unspecified atom stereocenters. The Labute approximate surface area is 157 Å². The van der Waals surface area contributed by atoms with E-state index in [0.29, 0.717) is 17.1 Å². The number of hydrogen-bond acceptors (Lipinski definition) is 4. The molecule has 1 fully saturated rings. The third kappa shape index (κ3) is 4.65. The largest absolute Gasteiger partial charge is 0.468 e. The molecule has 138 valence electrons. The molecule has 2 aromatic rings. The number of likely N-dealkylation sites (tertiary alicyclic amines) is 1. The number of carbonyl (C=O) groups is 2. The van der Waals surface area contributed by atoms with Gasteiger partial charge >= 0.3 is 0 Å². The van der Waals surface area contributed by atoms with Gasteiger partial charge in [-0.05, 0) is 50.2 Å². The van der Waals surface area contributed by atoms with Gasteiger partial charge in [0.15, 0.2) is 0 Å². The molecule has 0 spiro atoms. The Balaban J connectivity index is 1.51. The first kappa shape index (κ1) is 18.5. The molecular formula is C19H22ClN3O3. The monoisotopic (exact) mass is 375 g/mol. The van der Waals surface area contributed by atoms with Crippen LogP contribution in [0, 0.1) is 0 Å². The van der Waals surface area contributed by atoms with Crippen LogP contribution in [0.3, 0.4) is 0 Å². The second-order valence-corrected chi connectivity index (χ2v) is 6.65. The minimum atomic E-state index is -0.368. The van der Waals surface area contributed by atoms with Gasteiger partial charge in [-0.1, -0.05) is 23.7 Å². The number of hydrogen-bond donors (Lipinski definition) is 2. The van der Waals surface area contributed by atoms with E-state index in [2.05, 4.69) is 15.5 Å². The number of carbonyl (C=O) groups excluding carboxylic acids is 2. The lowest BCUT2D eigenvalue weighted by Gasteiger charge is -2.26. The Hall–Kier alpha value is -2.31. The van der Waals surface area contributed by atoms with Gasteiger partial charge in [-0.25, -0.2) is 0 Å². The molecule has 1 aromatic carbocycles. The normalized spacial score (nSPS) is 15.6. The van der Waals surface area contributed by atoms with Crippen molar-refractivity contribution < 1.29 is 14.0 Å². The maximum atomic E-state index is 12.1.